The van der Waals surface area contributed by atoms with Crippen molar-refractivity contribution in [2.75, 3.05) is 13.7 Å². The Morgan fingerprint density at radius 3 is 2.52 bits per heavy atom. The van der Waals surface area contributed by atoms with Crippen molar-refractivity contribution in [3.05, 3.63) is 70.8 Å². The monoisotopic (exact) mass is 873 g/mol. The third-order valence-electron chi connectivity index (χ3n) is 21.6. The molecule has 7 N–H and O–H groups in total. The van der Waals surface area contributed by atoms with Crippen molar-refractivity contribution >= 4 is 12.3 Å². The Kier molecular flexibility index (Phi) is 9.53. The molecule has 7 saturated carbocycles. The number of hydrogen-bond acceptors (Lipinski definition) is 10. The van der Waals surface area contributed by atoms with Crippen molar-refractivity contribution in [1.82, 2.24) is 5.32 Å². The van der Waals surface area contributed by atoms with Crippen LogP contribution in [0.1, 0.15) is 107 Å². The van der Waals surface area contributed by atoms with Crippen LogP contribution in [0, 0.1) is 93.2 Å². The molecule has 1 heterocycles. The minimum Gasteiger partial charge on any atom is -0.454 e. The lowest BCUT2D eigenvalue weighted by Crippen LogP contribution is -2.84. The van der Waals surface area contributed by atoms with E-state index in [1.807, 2.05) is 31.3 Å². The number of hydrogen-bond donors (Lipinski definition) is 7. The molecule has 4 bridgehead atoms. The van der Waals surface area contributed by atoms with Gasteiger partial charge in [-0.25, -0.2) is 4.79 Å². The molecule has 1 aliphatic heterocycles. The minimum absolute atomic E-state index is 0.0737. The fourth-order valence-electron chi connectivity index (χ4n) is 19.5. The van der Waals surface area contributed by atoms with Gasteiger partial charge in [-0.1, -0.05) is 74.0 Å². The van der Waals surface area contributed by atoms with E-state index < -0.39 is 80.8 Å². The number of nitrogens with one attached hydrogen (secondary N) is 1. The molecule has 0 aromatic heterocycles. The standard InChI is InChI=1S/C54H67NO9/c1-55-44-22-39-31(11-6-13-34(39)27-56)10-4-5-17-49-24-33-15-16-35-21-45(59)42-18-32-12-7-14-38(30-8-2-3-9-30)40(32)20-37-25-52(61,48(33)51(35,29-58)54(37,42)63)53(49,62)26-36-19-41(44)47-43(23-46(60)64-47)50(36,49)28-57/h6-7,11-13,15-16,23,29-30,32-33,35-38,40-42,44-45,47-48,55-57,59,61-63H,2-3,5,8-9,14,17-22,24-28H2,1H3. The molecule has 12 aliphatic rings. The van der Waals surface area contributed by atoms with E-state index >= 15 is 0 Å². The molecule has 13 rings (SSSR count). The number of aliphatic hydroxyl groups excluding tert-OH is 3. The van der Waals surface area contributed by atoms with E-state index in [4.69, 9.17) is 4.74 Å². The van der Waals surface area contributed by atoms with Gasteiger partial charge in [-0.15, -0.1) is 0 Å². The molecule has 10 nitrogen and oxygen atoms in total. The van der Waals surface area contributed by atoms with Crippen molar-refractivity contribution in [2.24, 2.45) is 81.3 Å². The van der Waals surface area contributed by atoms with E-state index in [-0.39, 0.29) is 55.8 Å². The highest BCUT2D eigenvalue weighted by atomic mass is 16.5. The molecule has 10 heteroatoms. The molecule has 11 aliphatic carbocycles. The van der Waals surface area contributed by atoms with Crippen LogP contribution in [-0.2, 0) is 27.4 Å². The lowest BCUT2D eigenvalue weighted by molar-refractivity contribution is -0.365. The SMILES string of the molecule is CNC1Cc2c(cccc2CO)C#CCCC23CC4C=CC5CC(O)C6CC7C=CCC(C8CCCC8)C7CC7CC(O)(C4C5(C=O)C76O)C2(O)CC2CC1C1OC(=O)C=C1C23CO. The molecule has 1 aromatic carbocycles. The third kappa shape index (κ3) is 4.93. The molecule has 1 spiro atoms. The molecular weight excluding hydrogens is 807 g/mol. The molecule has 342 valence electrons. The van der Waals surface area contributed by atoms with Crippen molar-refractivity contribution in [1.29, 1.82) is 0 Å². The summed E-state index contributed by atoms with van der Waals surface area (Å²) in [6, 6.07) is 5.57. The number of rotatable bonds is 5. The predicted molar refractivity (Wildman–Crippen MR) is 236 cm³/mol. The summed E-state index contributed by atoms with van der Waals surface area (Å²) in [5, 5.41) is 81.9. The van der Waals surface area contributed by atoms with Gasteiger partial charge >= 0.3 is 5.97 Å². The second-order valence-electron chi connectivity index (χ2n) is 23.0. The maximum absolute atomic E-state index is 14.7. The van der Waals surface area contributed by atoms with Crippen LogP contribution in [0.2, 0.25) is 0 Å². The number of fused-ring (bicyclic) bond motifs is 5. The number of benzene rings is 1. The van der Waals surface area contributed by atoms with Gasteiger partial charge in [0.2, 0.25) is 0 Å². The molecule has 0 saturated heterocycles. The summed E-state index contributed by atoms with van der Waals surface area (Å²) in [6.45, 7) is -0.507. The smallest absolute Gasteiger partial charge is 0.331 e. The number of carbonyl (C=O) groups excluding carboxylic acids is 2. The zero-order valence-electron chi connectivity index (χ0n) is 37.2. The van der Waals surface area contributed by atoms with E-state index in [0.29, 0.717) is 68.8 Å². The fraction of sp³-hybridized carbons (Fsp3) is 0.704. The Morgan fingerprint density at radius 2 is 1.75 bits per heavy atom. The van der Waals surface area contributed by atoms with E-state index in [9.17, 15) is 40.2 Å². The van der Waals surface area contributed by atoms with Crippen LogP contribution in [0.4, 0.5) is 0 Å². The first kappa shape index (κ1) is 42.2. The average molecular weight is 874 g/mol. The van der Waals surface area contributed by atoms with Crippen molar-refractivity contribution in [3.8, 4) is 11.8 Å². The molecule has 19 unspecified atom stereocenters. The van der Waals surface area contributed by atoms with Gasteiger partial charge in [0.1, 0.15) is 18.0 Å². The summed E-state index contributed by atoms with van der Waals surface area (Å²) < 4.78 is 6.33. The maximum Gasteiger partial charge on any atom is 0.331 e. The van der Waals surface area contributed by atoms with Gasteiger partial charge in [0, 0.05) is 52.7 Å². The normalized spacial score (nSPS) is 51.6. The van der Waals surface area contributed by atoms with Crippen LogP contribution in [0.15, 0.2) is 54.2 Å². The van der Waals surface area contributed by atoms with E-state index in [1.54, 1.807) is 6.08 Å². The van der Waals surface area contributed by atoms with Crippen LogP contribution in [0.3, 0.4) is 0 Å². The highest BCUT2D eigenvalue weighted by molar-refractivity contribution is 5.87. The van der Waals surface area contributed by atoms with E-state index in [2.05, 4.69) is 35.4 Å². The molecular formula is C54H67NO9. The lowest BCUT2D eigenvalue weighted by Gasteiger charge is -2.76. The number of ether oxygens (including phenoxy) is 1. The van der Waals surface area contributed by atoms with Gasteiger partial charge < -0.3 is 45.5 Å². The zero-order chi connectivity index (χ0) is 44.2. The number of carbonyl (C=O) groups is 2. The fourth-order valence-corrected chi connectivity index (χ4v) is 19.5. The first-order chi connectivity index (χ1) is 30.9. The lowest BCUT2D eigenvalue weighted by atomic mass is 9.30. The van der Waals surface area contributed by atoms with Gasteiger partial charge in [-0.3, -0.25) is 0 Å². The number of allylic oxidation sites excluding steroid dienone is 4. The van der Waals surface area contributed by atoms with Crippen LogP contribution in [0.5, 0.6) is 0 Å². The second kappa shape index (κ2) is 14.4. The molecule has 7 fully saturated rings. The largest absolute Gasteiger partial charge is 0.454 e. The second-order valence-corrected chi connectivity index (χ2v) is 23.0. The van der Waals surface area contributed by atoms with Crippen molar-refractivity contribution in [3.63, 3.8) is 0 Å². The van der Waals surface area contributed by atoms with Crippen LogP contribution in [0.25, 0.3) is 0 Å². The molecule has 0 amide bonds. The Bertz CT molecular complexity index is 2290. The first-order valence-electron chi connectivity index (χ1n) is 25.0. The van der Waals surface area contributed by atoms with Gasteiger partial charge in [-0.2, -0.15) is 0 Å². The third-order valence-corrected chi connectivity index (χ3v) is 21.6. The van der Waals surface area contributed by atoms with Gasteiger partial charge in [0.05, 0.1) is 35.9 Å². The summed E-state index contributed by atoms with van der Waals surface area (Å²) in [4.78, 5) is 28.5. The summed E-state index contributed by atoms with van der Waals surface area (Å²) in [5.74, 6) is 4.10. The zero-order valence-corrected chi connectivity index (χ0v) is 37.2. The van der Waals surface area contributed by atoms with Gasteiger partial charge in [0.15, 0.2) is 0 Å². The summed E-state index contributed by atoms with van der Waals surface area (Å²) in [7, 11) is 1.90. The Labute approximate surface area is 377 Å². The average Bonchev–Trinajstić information content (AvgIpc) is 4.00. The molecule has 64 heavy (non-hydrogen) atoms. The van der Waals surface area contributed by atoms with E-state index in [0.717, 1.165) is 29.4 Å². The van der Waals surface area contributed by atoms with E-state index in [1.165, 1.54) is 25.7 Å². The Morgan fingerprint density at radius 1 is 0.938 bits per heavy atom. The van der Waals surface area contributed by atoms with Crippen LogP contribution >= 0.6 is 0 Å². The highest BCUT2D eigenvalue weighted by Gasteiger charge is 2.88. The van der Waals surface area contributed by atoms with Gasteiger partial charge in [-0.05, 0) is 141 Å². The first-order valence-corrected chi connectivity index (χ1v) is 25.0. The van der Waals surface area contributed by atoms with Crippen LogP contribution < -0.4 is 5.32 Å². The van der Waals surface area contributed by atoms with Gasteiger partial charge in [0.25, 0.3) is 0 Å². The summed E-state index contributed by atoms with van der Waals surface area (Å²) in [5.41, 5.74) is -6.00. The van der Waals surface area contributed by atoms with Crippen LogP contribution in [-0.4, -0.2) is 91.6 Å². The molecule has 19 atom stereocenters. The topological polar surface area (TPSA) is 177 Å². The Balaban J connectivity index is 1.08. The summed E-state index contributed by atoms with van der Waals surface area (Å²) in [6.07, 6.45) is 19.2. The number of aliphatic hydroxyl groups is 6. The predicted octanol–water partition coefficient (Wildman–Crippen LogP) is 4.71. The minimum atomic E-state index is -1.89. The number of likely N-dealkylation sites (N-methyl/N-ethyl adjacent to an activating group) is 1. The Hall–Kier alpha value is -3.14. The molecule has 0 radical (unpaired) electrons. The highest BCUT2D eigenvalue weighted by Crippen LogP contribution is 2.83. The van der Waals surface area contributed by atoms with Crippen molar-refractivity contribution < 1.29 is 45.0 Å². The molecule has 1 aromatic rings. The maximum atomic E-state index is 14.7. The number of aldehydes is 1. The quantitative estimate of drug-likeness (QED) is 0.0951. The summed E-state index contributed by atoms with van der Waals surface area (Å²) >= 11 is 0. The number of esters is 1. The van der Waals surface area contributed by atoms with Crippen molar-refractivity contribution in [2.45, 2.75) is 138 Å².